The van der Waals surface area contributed by atoms with E-state index in [2.05, 4.69) is 29.5 Å². The standard InChI is InChI=1S/C17H34N4O.HI/c1-6-14(7-2)12-19-16(18-3)20-13-17(10-8-9-11-17)15(22)21(4)5;/h14H,6-13H2,1-5H3,(H2,18,19,20);1H. The third-order valence-corrected chi connectivity index (χ3v) is 4.95. The van der Waals surface area contributed by atoms with E-state index in [9.17, 15) is 4.79 Å². The summed E-state index contributed by atoms with van der Waals surface area (Å²) >= 11 is 0. The molecule has 1 aliphatic rings. The average molecular weight is 438 g/mol. The SMILES string of the molecule is CCC(CC)CNC(=NC)NCC1(C(=O)N(C)C)CCCC1.I. The second kappa shape index (κ2) is 11.1. The summed E-state index contributed by atoms with van der Waals surface area (Å²) in [5, 5.41) is 6.78. The average Bonchev–Trinajstić information content (AvgIpc) is 3.00. The number of rotatable bonds is 7. The molecule has 1 saturated carbocycles. The molecule has 0 unspecified atom stereocenters. The third kappa shape index (κ3) is 6.47. The lowest BCUT2D eigenvalue weighted by Crippen LogP contribution is -2.49. The Bertz CT molecular complexity index is 375. The summed E-state index contributed by atoms with van der Waals surface area (Å²) in [6.07, 6.45) is 6.57. The van der Waals surface area contributed by atoms with Crippen molar-refractivity contribution in [1.29, 1.82) is 0 Å². The minimum absolute atomic E-state index is 0. The summed E-state index contributed by atoms with van der Waals surface area (Å²) in [6.45, 7) is 6.04. The number of nitrogens with one attached hydrogen (secondary N) is 2. The monoisotopic (exact) mass is 438 g/mol. The summed E-state index contributed by atoms with van der Waals surface area (Å²) in [6, 6.07) is 0. The van der Waals surface area contributed by atoms with E-state index in [0.29, 0.717) is 12.5 Å². The smallest absolute Gasteiger partial charge is 0.230 e. The van der Waals surface area contributed by atoms with Crippen molar-refractivity contribution in [2.45, 2.75) is 52.4 Å². The van der Waals surface area contributed by atoms with Gasteiger partial charge in [-0.25, -0.2) is 0 Å². The quantitative estimate of drug-likeness (QED) is 0.365. The normalized spacial score (nSPS) is 16.9. The van der Waals surface area contributed by atoms with Crippen LogP contribution in [0.5, 0.6) is 0 Å². The van der Waals surface area contributed by atoms with Crippen molar-refractivity contribution in [2.24, 2.45) is 16.3 Å². The molecule has 0 aromatic heterocycles. The Morgan fingerprint density at radius 2 is 1.74 bits per heavy atom. The molecule has 5 nitrogen and oxygen atoms in total. The number of amides is 1. The van der Waals surface area contributed by atoms with Crippen LogP contribution in [0.1, 0.15) is 52.4 Å². The molecule has 0 saturated heterocycles. The zero-order valence-corrected chi connectivity index (χ0v) is 17.8. The van der Waals surface area contributed by atoms with Crippen LogP contribution in [-0.4, -0.2) is 51.0 Å². The number of hydrogen-bond donors (Lipinski definition) is 2. The number of aliphatic imine (C=N–C) groups is 1. The molecule has 0 aromatic rings. The van der Waals surface area contributed by atoms with Gasteiger partial charge in [0.05, 0.1) is 5.41 Å². The van der Waals surface area contributed by atoms with Crippen LogP contribution in [0.4, 0.5) is 0 Å². The molecule has 23 heavy (non-hydrogen) atoms. The molecule has 6 heteroatoms. The molecule has 2 N–H and O–H groups in total. The molecule has 0 aliphatic heterocycles. The highest BCUT2D eigenvalue weighted by molar-refractivity contribution is 14.0. The van der Waals surface area contributed by atoms with Gasteiger partial charge in [0.2, 0.25) is 5.91 Å². The Morgan fingerprint density at radius 3 is 2.17 bits per heavy atom. The first-order valence-corrected chi connectivity index (χ1v) is 8.65. The van der Waals surface area contributed by atoms with Gasteiger partial charge in [-0.1, -0.05) is 39.5 Å². The maximum Gasteiger partial charge on any atom is 0.230 e. The van der Waals surface area contributed by atoms with E-state index in [-0.39, 0.29) is 35.3 Å². The molecule has 1 rings (SSSR count). The fraction of sp³-hybridized carbons (Fsp3) is 0.882. The van der Waals surface area contributed by atoms with Crippen LogP contribution in [-0.2, 0) is 4.79 Å². The number of halogens is 1. The Kier molecular flexibility index (Phi) is 10.8. The zero-order valence-electron chi connectivity index (χ0n) is 15.4. The lowest BCUT2D eigenvalue weighted by molar-refractivity contribution is -0.138. The highest BCUT2D eigenvalue weighted by atomic mass is 127. The fourth-order valence-electron chi connectivity index (χ4n) is 3.28. The van der Waals surface area contributed by atoms with Gasteiger partial charge in [-0.3, -0.25) is 9.79 Å². The van der Waals surface area contributed by atoms with Crippen molar-refractivity contribution >= 4 is 35.8 Å². The molecule has 1 amide bonds. The van der Waals surface area contributed by atoms with Gasteiger partial charge in [-0.05, 0) is 18.8 Å². The molecular formula is C17H35IN4O. The van der Waals surface area contributed by atoms with E-state index < -0.39 is 0 Å². The Balaban J connectivity index is 0.00000484. The molecule has 136 valence electrons. The van der Waals surface area contributed by atoms with Crippen molar-refractivity contribution in [1.82, 2.24) is 15.5 Å². The molecule has 1 fully saturated rings. The van der Waals surface area contributed by atoms with E-state index in [0.717, 1.165) is 38.2 Å². The first kappa shape index (κ1) is 22.5. The predicted molar refractivity (Wildman–Crippen MR) is 108 cm³/mol. The van der Waals surface area contributed by atoms with Crippen molar-refractivity contribution in [3.8, 4) is 0 Å². The number of guanidine groups is 1. The summed E-state index contributed by atoms with van der Waals surface area (Å²) in [5.74, 6) is 1.72. The van der Waals surface area contributed by atoms with Crippen molar-refractivity contribution in [3.05, 3.63) is 0 Å². The van der Waals surface area contributed by atoms with Gasteiger partial charge in [-0.2, -0.15) is 0 Å². The first-order valence-electron chi connectivity index (χ1n) is 8.65. The van der Waals surface area contributed by atoms with Crippen LogP contribution in [0.3, 0.4) is 0 Å². The molecular weight excluding hydrogens is 403 g/mol. The molecule has 0 aromatic carbocycles. The van der Waals surface area contributed by atoms with Crippen LogP contribution < -0.4 is 10.6 Å². The van der Waals surface area contributed by atoms with Crippen LogP contribution >= 0.6 is 24.0 Å². The van der Waals surface area contributed by atoms with Crippen LogP contribution in [0.25, 0.3) is 0 Å². The largest absolute Gasteiger partial charge is 0.356 e. The lowest BCUT2D eigenvalue weighted by atomic mass is 9.84. The molecule has 0 radical (unpaired) electrons. The van der Waals surface area contributed by atoms with Crippen LogP contribution in [0.2, 0.25) is 0 Å². The van der Waals surface area contributed by atoms with Crippen molar-refractivity contribution in [2.75, 3.05) is 34.2 Å². The van der Waals surface area contributed by atoms with Gasteiger partial charge in [0.1, 0.15) is 0 Å². The fourth-order valence-corrected chi connectivity index (χ4v) is 3.28. The maximum atomic E-state index is 12.6. The number of nitrogens with zero attached hydrogens (tertiary/aromatic N) is 2. The van der Waals surface area contributed by atoms with Crippen molar-refractivity contribution < 1.29 is 4.79 Å². The van der Waals surface area contributed by atoms with Crippen molar-refractivity contribution in [3.63, 3.8) is 0 Å². The molecule has 0 heterocycles. The van der Waals surface area contributed by atoms with E-state index in [1.165, 1.54) is 12.8 Å². The van der Waals surface area contributed by atoms with E-state index >= 15 is 0 Å². The maximum absolute atomic E-state index is 12.6. The molecule has 0 atom stereocenters. The van der Waals surface area contributed by atoms with E-state index in [4.69, 9.17) is 0 Å². The number of carbonyl (C=O) groups is 1. The van der Waals surface area contributed by atoms with Gasteiger partial charge >= 0.3 is 0 Å². The minimum atomic E-state index is -0.254. The summed E-state index contributed by atoms with van der Waals surface area (Å²) in [5.41, 5.74) is -0.254. The zero-order chi connectivity index (χ0) is 16.6. The Hall–Kier alpha value is -0.530. The first-order chi connectivity index (χ1) is 10.5. The Morgan fingerprint density at radius 1 is 1.17 bits per heavy atom. The molecule has 1 aliphatic carbocycles. The van der Waals surface area contributed by atoms with E-state index in [1.807, 2.05) is 14.1 Å². The lowest BCUT2D eigenvalue weighted by Gasteiger charge is -2.31. The highest BCUT2D eigenvalue weighted by Gasteiger charge is 2.42. The second-order valence-electron chi connectivity index (χ2n) is 6.68. The predicted octanol–water partition coefficient (Wildman–Crippen LogP) is 2.85. The summed E-state index contributed by atoms with van der Waals surface area (Å²) in [4.78, 5) is 18.6. The molecule has 0 bridgehead atoms. The topological polar surface area (TPSA) is 56.7 Å². The summed E-state index contributed by atoms with van der Waals surface area (Å²) < 4.78 is 0. The van der Waals surface area contributed by atoms with Crippen LogP contribution in [0, 0.1) is 11.3 Å². The van der Waals surface area contributed by atoms with Crippen LogP contribution in [0.15, 0.2) is 4.99 Å². The van der Waals surface area contributed by atoms with Gasteiger partial charge in [0.25, 0.3) is 0 Å². The number of carbonyl (C=O) groups excluding carboxylic acids is 1. The highest BCUT2D eigenvalue weighted by Crippen LogP contribution is 2.38. The Labute approximate surface area is 159 Å². The minimum Gasteiger partial charge on any atom is -0.356 e. The van der Waals surface area contributed by atoms with E-state index in [1.54, 1.807) is 11.9 Å². The molecule has 0 spiro atoms. The number of hydrogen-bond acceptors (Lipinski definition) is 2. The van der Waals surface area contributed by atoms with Gasteiger partial charge < -0.3 is 15.5 Å². The summed E-state index contributed by atoms with van der Waals surface area (Å²) in [7, 11) is 5.49. The van der Waals surface area contributed by atoms with Gasteiger partial charge in [0, 0.05) is 34.2 Å². The third-order valence-electron chi connectivity index (χ3n) is 4.95. The second-order valence-corrected chi connectivity index (χ2v) is 6.68. The van der Waals surface area contributed by atoms with Gasteiger partial charge in [-0.15, -0.1) is 24.0 Å². The van der Waals surface area contributed by atoms with Gasteiger partial charge in [0.15, 0.2) is 5.96 Å².